The third kappa shape index (κ3) is 4.45. The molecule has 0 aliphatic carbocycles. The van der Waals surface area contributed by atoms with E-state index in [0.717, 1.165) is 34.1 Å². The lowest BCUT2D eigenvalue weighted by atomic mass is 10.0. The van der Waals surface area contributed by atoms with Gasteiger partial charge in [0, 0.05) is 30.7 Å². The molecule has 7 heteroatoms. The van der Waals surface area contributed by atoms with Gasteiger partial charge in [-0.05, 0) is 85.4 Å². The molecule has 1 aliphatic rings. The maximum absolute atomic E-state index is 6.40. The van der Waals surface area contributed by atoms with Crippen LogP contribution in [-0.4, -0.2) is 26.6 Å². The van der Waals surface area contributed by atoms with Gasteiger partial charge in [0.15, 0.2) is 5.11 Å². The molecule has 1 aromatic carbocycles. The molecule has 0 amide bonds. The van der Waals surface area contributed by atoms with E-state index in [1.54, 1.807) is 18.6 Å². The van der Waals surface area contributed by atoms with Crippen molar-refractivity contribution in [2.75, 3.05) is 6.61 Å². The molecule has 166 valence electrons. The number of hydrogen-bond donors (Lipinski definition) is 1. The first-order chi connectivity index (χ1) is 16.2. The molecule has 0 spiro atoms. The van der Waals surface area contributed by atoms with E-state index in [1.807, 2.05) is 73.7 Å². The fraction of sp³-hybridized carbons (Fsp3) is 0.192. The molecule has 0 unspecified atom stereocenters. The molecule has 1 N–H and O–H groups in total. The number of rotatable bonds is 7. The van der Waals surface area contributed by atoms with Crippen LogP contribution in [0.5, 0.6) is 5.75 Å². The van der Waals surface area contributed by atoms with E-state index in [1.165, 1.54) is 0 Å². The van der Waals surface area contributed by atoms with Gasteiger partial charge in [0.05, 0.1) is 18.3 Å². The molecule has 3 aromatic heterocycles. The smallest absolute Gasteiger partial charge is 0.170 e. The second kappa shape index (κ2) is 9.42. The summed E-state index contributed by atoms with van der Waals surface area (Å²) in [6, 6.07) is 21.6. The number of aromatic nitrogens is 2. The Morgan fingerprint density at radius 3 is 2.55 bits per heavy atom. The third-order valence-corrected chi connectivity index (χ3v) is 6.02. The largest absolute Gasteiger partial charge is 0.494 e. The van der Waals surface area contributed by atoms with Gasteiger partial charge in [-0.2, -0.15) is 0 Å². The molecule has 0 bridgehead atoms. The van der Waals surface area contributed by atoms with Gasteiger partial charge in [-0.15, -0.1) is 0 Å². The predicted octanol–water partition coefficient (Wildman–Crippen LogP) is 5.31. The third-order valence-electron chi connectivity index (χ3n) is 5.67. The summed E-state index contributed by atoms with van der Waals surface area (Å²) in [4.78, 5) is 10.9. The van der Waals surface area contributed by atoms with E-state index in [-0.39, 0.29) is 12.1 Å². The summed E-state index contributed by atoms with van der Waals surface area (Å²) in [7, 11) is 0. The Kier molecular flexibility index (Phi) is 6.04. The number of hydrogen-bond acceptors (Lipinski definition) is 5. The van der Waals surface area contributed by atoms with E-state index in [0.29, 0.717) is 18.3 Å². The van der Waals surface area contributed by atoms with Gasteiger partial charge in [0.2, 0.25) is 0 Å². The summed E-state index contributed by atoms with van der Waals surface area (Å²) in [6.07, 6.45) is 5.39. The van der Waals surface area contributed by atoms with Crippen LogP contribution < -0.4 is 10.1 Å². The molecule has 5 rings (SSSR count). The summed E-state index contributed by atoms with van der Waals surface area (Å²) in [5.74, 6) is 2.47. The van der Waals surface area contributed by atoms with Crippen molar-refractivity contribution < 1.29 is 9.15 Å². The van der Waals surface area contributed by atoms with E-state index in [4.69, 9.17) is 21.4 Å². The van der Waals surface area contributed by atoms with Gasteiger partial charge in [-0.1, -0.05) is 6.07 Å². The molecule has 1 fully saturated rings. The van der Waals surface area contributed by atoms with Crippen LogP contribution in [0.2, 0.25) is 0 Å². The minimum Gasteiger partial charge on any atom is -0.494 e. The second-order valence-electron chi connectivity index (χ2n) is 7.77. The zero-order chi connectivity index (χ0) is 22.6. The number of nitrogens with one attached hydrogen (secondary N) is 1. The number of furan rings is 1. The standard InChI is InChI=1S/C26H24N4O2S/c1-2-31-20-8-6-19(7-9-20)22-10-11-23(32-22)25-24(21-5-3-4-14-28-21)29-26(33)30(25)17-18-12-15-27-16-13-18/h3-16,24-25H,2,17H2,1H3,(H,29,33)/t24-,25-/m0/s1. The van der Waals surface area contributed by atoms with E-state index in [2.05, 4.69) is 20.2 Å². The van der Waals surface area contributed by atoms with Crippen molar-refractivity contribution in [2.24, 2.45) is 0 Å². The molecule has 33 heavy (non-hydrogen) atoms. The van der Waals surface area contributed by atoms with Crippen LogP contribution in [0.3, 0.4) is 0 Å². The van der Waals surface area contributed by atoms with Gasteiger partial charge in [-0.25, -0.2) is 0 Å². The molecular weight excluding hydrogens is 432 g/mol. The van der Waals surface area contributed by atoms with E-state index in [9.17, 15) is 0 Å². The monoisotopic (exact) mass is 456 g/mol. The average Bonchev–Trinajstić information content (AvgIpc) is 3.46. The molecular formula is C26H24N4O2S. The Morgan fingerprint density at radius 1 is 1.00 bits per heavy atom. The summed E-state index contributed by atoms with van der Waals surface area (Å²) in [6.45, 7) is 3.25. The normalized spacial score (nSPS) is 17.7. The van der Waals surface area contributed by atoms with Gasteiger partial charge in [0.25, 0.3) is 0 Å². The van der Waals surface area contributed by atoms with Crippen LogP contribution in [0.4, 0.5) is 0 Å². The van der Waals surface area contributed by atoms with Crippen molar-refractivity contribution in [3.63, 3.8) is 0 Å². The van der Waals surface area contributed by atoms with Gasteiger partial charge in [-0.3, -0.25) is 9.97 Å². The highest BCUT2D eigenvalue weighted by Crippen LogP contribution is 2.41. The van der Waals surface area contributed by atoms with Crippen LogP contribution >= 0.6 is 12.2 Å². The zero-order valence-corrected chi connectivity index (χ0v) is 19.0. The molecule has 4 heterocycles. The highest BCUT2D eigenvalue weighted by Gasteiger charge is 2.41. The predicted molar refractivity (Wildman–Crippen MR) is 131 cm³/mol. The first-order valence-corrected chi connectivity index (χ1v) is 11.3. The van der Waals surface area contributed by atoms with Crippen molar-refractivity contribution in [3.8, 4) is 17.1 Å². The highest BCUT2D eigenvalue weighted by molar-refractivity contribution is 7.80. The van der Waals surface area contributed by atoms with Crippen LogP contribution in [0.1, 0.15) is 36.0 Å². The fourth-order valence-corrected chi connectivity index (χ4v) is 4.42. The second-order valence-corrected chi connectivity index (χ2v) is 8.16. The topological polar surface area (TPSA) is 63.4 Å². The Labute approximate surface area is 198 Å². The number of pyridine rings is 2. The molecule has 1 aliphatic heterocycles. The van der Waals surface area contributed by atoms with Crippen LogP contribution in [0.15, 0.2) is 89.7 Å². The van der Waals surface area contributed by atoms with Gasteiger partial charge >= 0.3 is 0 Å². The van der Waals surface area contributed by atoms with E-state index < -0.39 is 0 Å². The number of benzene rings is 1. The average molecular weight is 457 g/mol. The van der Waals surface area contributed by atoms with Crippen LogP contribution in [-0.2, 0) is 6.54 Å². The Morgan fingerprint density at radius 2 is 1.82 bits per heavy atom. The van der Waals surface area contributed by atoms with Crippen molar-refractivity contribution >= 4 is 17.3 Å². The molecule has 0 radical (unpaired) electrons. The minimum absolute atomic E-state index is 0.125. The lowest BCUT2D eigenvalue weighted by molar-refractivity contribution is 0.269. The Balaban J connectivity index is 1.49. The number of nitrogens with zero attached hydrogens (tertiary/aromatic N) is 3. The first kappa shape index (κ1) is 21.2. The van der Waals surface area contributed by atoms with Crippen LogP contribution in [0.25, 0.3) is 11.3 Å². The Hall–Kier alpha value is -3.71. The molecule has 0 saturated carbocycles. The fourth-order valence-electron chi connectivity index (χ4n) is 4.12. The summed E-state index contributed by atoms with van der Waals surface area (Å²) in [5.41, 5.74) is 3.04. The van der Waals surface area contributed by atoms with Crippen LogP contribution in [0, 0.1) is 0 Å². The summed E-state index contributed by atoms with van der Waals surface area (Å²) < 4.78 is 12.0. The first-order valence-electron chi connectivity index (χ1n) is 10.9. The van der Waals surface area contributed by atoms with Crippen molar-refractivity contribution in [3.05, 3.63) is 102 Å². The molecule has 2 atom stereocenters. The van der Waals surface area contributed by atoms with Gasteiger partial charge < -0.3 is 19.4 Å². The van der Waals surface area contributed by atoms with Crippen molar-refractivity contribution in [1.29, 1.82) is 0 Å². The zero-order valence-electron chi connectivity index (χ0n) is 18.2. The lowest BCUT2D eigenvalue weighted by Crippen LogP contribution is -2.29. The maximum atomic E-state index is 6.40. The summed E-state index contributed by atoms with van der Waals surface area (Å²) in [5, 5.41) is 4.13. The van der Waals surface area contributed by atoms with Crippen molar-refractivity contribution in [2.45, 2.75) is 25.6 Å². The molecule has 1 saturated heterocycles. The van der Waals surface area contributed by atoms with Gasteiger partial charge in [0.1, 0.15) is 23.3 Å². The van der Waals surface area contributed by atoms with E-state index >= 15 is 0 Å². The number of thiocarbonyl (C=S) groups is 1. The number of ether oxygens (including phenoxy) is 1. The minimum atomic E-state index is -0.142. The maximum Gasteiger partial charge on any atom is 0.170 e. The molecule has 6 nitrogen and oxygen atoms in total. The van der Waals surface area contributed by atoms with Crippen molar-refractivity contribution in [1.82, 2.24) is 20.2 Å². The molecule has 4 aromatic rings. The Bertz CT molecular complexity index is 1210. The summed E-state index contributed by atoms with van der Waals surface area (Å²) >= 11 is 5.75. The quantitative estimate of drug-likeness (QED) is 0.378. The highest BCUT2D eigenvalue weighted by atomic mass is 32.1. The lowest BCUT2D eigenvalue weighted by Gasteiger charge is -2.26. The SMILES string of the molecule is CCOc1ccc(-c2ccc([C@H]3[C@H](c4ccccn4)NC(=S)N3Cc3ccncc3)o2)cc1.